The highest BCUT2D eigenvalue weighted by atomic mass is 16.5. The van der Waals surface area contributed by atoms with E-state index < -0.39 is 12.1 Å². The van der Waals surface area contributed by atoms with Crippen LogP contribution >= 0.6 is 0 Å². The molecule has 2 N–H and O–H groups in total. The highest BCUT2D eigenvalue weighted by molar-refractivity contribution is 5.88. The van der Waals surface area contributed by atoms with Crippen LogP contribution in [0.4, 0.5) is 0 Å². The van der Waals surface area contributed by atoms with Gasteiger partial charge in [-0.15, -0.1) is 0 Å². The third kappa shape index (κ3) is 4.26. The van der Waals surface area contributed by atoms with Crippen LogP contribution in [0.3, 0.4) is 0 Å². The van der Waals surface area contributed by atoms with E-state index in [-0.39, 0.29) is 12.3 Å². The number of fused-ring (bicyclic) bond motifs is 1. The Morgan fingerprint density at radius 2 is 1.80 bits per heavy atom. The van der Waals surface area contributed by atoms with E-state index in [0.29, 0.717) is 6.54 Å². The highest BCUT2D eigenvalue weighted by Gasteiger charge is 2.18. The average Bonchev–Trinajstić information content (AvgIpc) is 3.03. The zero-order valence-corrected chi connectivity index (χ0v) is 14.0. The van der Waals surface area contributed by atoms with Crippen LogP contribution in [0.1, 0.15) is 18.1 Å². The molecule has 5 nitrogen and oxygen atoms in total. The van der Waals surface area contributed by atoms with Gasteiger partial charge in [0.1, 0.15) is 0 Å². The van der Waals surface area contributed by atoms with E-state index in [9.17, 15) is 9.59 Å². The maximum absolute atomic E-state index is 12.1. The van der Waals surface area contributed by atoms with Gasteiger partial charge in [-0.3, -0.25) is 9.59 Å². The number of aromatic nitrogens is 1. The van der Waals surface area contributed by atoms with Crippen molar-refractivity contribution in [1.82, 2.24) is 10.3 Å². The molecule has 1 aromatic heterocycles. The summed E-state index contributed by atoms with van der Waals surface area (Å²) in [6.07, 6.45) is 1.09. The van der Waals surface area contributed by atoms with Crippen LogP contribution in [0.15, 0.2) is 60.8 Å². The molecule has 5 heteroatoms. The van der Waals surface area contributed by atoms with Gasteiger partial charge in [0, 0.05) is 23.6 Å². The predicted octanol–water partition coefficient (Wildman–Crippen LogP) is 2.96. The molecule has 3 aromatic rings. The second-order valence-corrected chi connectivity index (χ2v) is 5.87. The molecule has 0 saturated carbocycles. The van der Waals surface area contributed by atoms with Crippen molar-refractivity contribution in [3.63, 3.8) is 0 Å². The fraction of sp³-hybridized carbons (Fsp3) is 0.200. The van der Waals surface area contributed by atoms with Crippen molar-refractivity contribution < 1.29 is 14.3 Å². The van der Waals surface area contributed by atoms with Gasteiger partial charge in [0.05, 0.1) is 6.42 Å². The molecule has 1 amide bonds. The lowest BCUT2D eigenvalue weighted by atomic mass is 10.1. The number of carbonyl (C=O) groups is 2. The fourth-order valence-corrected chi connectivity index (χ4v) is 2.65. The van der Waals surface area contributed by atoms with Crippen molar-refractivity contribution in [2.24, 2.45) is 0 Å². The Morgan fingerprint density at radius 3 is 2.60 bits per heavy atom. The van der Waals surface area contributed by atoms with E-state index in [4.69, 9.17) is 4.74 Å². The number of rotatable bonds is 6. The lowest BCUT2D eigenvalue weighted by Gasteiger charge is -2.13. The molecular formula is C20H20N2O3. The number of ether oxygens (including phenoxy) is 1. The molecule has 0 aliphatic carbocycles. The molecule has 1 atom stereocenters. The van der Waals surface area contributed by atoms with Crippen LogP contribution in [-0.4, -0.2) is 23.0 Å². The van der Waals surface area contributed by atoms with Gasteiger partial charge in [0.2, 0.25) is 0 Å². The molecule has 0 aliphatic heterocycles. The maximum atomic E-state index is 12.1. The average molecular weight is 336 g/mol. The zero-order valence-electron chi connectivity index (χ0n) is 14.0. The van der Waals surface area contributed by atoms with E-state index in [1.807, 2.05) is 54.6 Å². The number of hydrogen-bond donors (Lipinski definition) is 2. The maximum Gasteiger partial charge on any atom is 0.311 e. The van der Waals surface area contributed by atoms with Gasteiger partial charge in [-0.05, 0) is 24.1 Å². The molecule has 0 fully saturated rings. The second kappa shape index (κ2) is 7.66. The number of carbonyl (C=O) groups excluding carboxylic acids is 2. The van der Waals surface area contributed by atoms with Gasteiger partial charge in [-0.1, -0.05) is 48.5 Å². The summed E-state index contributed by atoms with van der Waals surface area (Å²) in [7, 11) is 0. The van der Waals surface area contributed by atoms with E-state index in [0.717, 1.165) is 22.0 Å². The number of esters is 1. The van der Waals surface area contributed by atoms with Crippen molar-refractivity contribution in [3.05, 3.63) is 71.9 Å². The number of aromatic amines is 1. The summed E-state index contributed by atoms with van der Waals surface area (Å²) in [5, 5.41) is 3.76. The van der Waals surface area contributed by atoms with Gasteiger partial charge in [-0.2, -0.15) is 0 Å². The summed E-state index contributed by atoms with van der Waals surface area (Å²) in [4.78, 5) is 27.3. The van der Waals surface area contributed by atoms with Gasteiger partial charge in [0.25, 0.3) is 5.91 Å². The van der Waals surface area contributed by atoms with Gasteiger partial charge >= 0.3 is 5.97 Å². The Bertz CT molecular complexity index is 871. The molecule has 0 radical (unpaired) electrons. The van der Waals surface area contributed by atoms with Crippen molar-refractivity contribution in [2.75, 3.05) is 0 Å². The van der Waals surface area contributed by atoms with E-state index in [2.05, 4.69) is 10.3 Å². The van der Waals surface area contributed by atoms with Crippen molar-refractivity contribution in [3.8, 4) is 0 Å². The minimum absolute atomic E-state index is 0.125. The van der Waals surface area contributed by atoms with Gasteiger partial charge in [-0.25, -0.2) is 0 Å². The van der Waals surface area contributed by atoms with E-state index in [1.54, 1.807) is 13.1 Å². The Balaban J connectivity index is 1.52. The number of para-hydroxylation sites is 1. The number of amides is 1. The number of H-pyrrole nitrogens is 1. The molecule has 128 valence electrons. The SMILES string of the molecule is C[C@H](OC(=O)Cc1c[nH]c2ccccc12)C(=O)NCc1ccccc1. The smallest absolute Gasteiger partial charge is 0.311 e. The molecule has 1 heterocycles. The predicted molar refractivity (Wildman–Crippen MR) is 95.8 cm³/mol. The molecule has 0 spiro atoms. The Hall–Kier alpha value is -3.08. The van der Waals surface area contributed by atoms with Gasteiger partial charge in [0.15, 0.2) is 6.10 Å². The number of hydrogen-bond acceptors (Lipinski definition) is 3. The van der Waals surface area contributed by atoms with Crippen LogP contribution in [-0.2, 0) is 27.3 Å². The third-order valence-corrected chi connectivity index (χ3v) is 4.00. The first kappa shape index (κ1) is 16.8. The molecular weight excluding hydrogens is 316 g/mol. The highest BCUT2D eigenvalue weighted by Crippen LogP contribution is 2.18. The molecule has 0 aliphatic rings. The van der Waals surface area contributed by atoms with Gasteiger partial charge < -0.3 is 15.0 Å². The second-order valence-electron chi connectivity index (χ2n) is 5.87. The van der Waals surface area contributed by atoms with Crippen LogP contribution in [0, 0.1) is 0 Å². The molecule has 2 aromatic carbocycles. The molecule has 0 bridgehead atoms. The third-order valence-electron chi connectivity index (χ3n) is 4.00. The normalized spacial score (nSPS) is 11.9. The summed E-state index contributed by atoms with van der Waals surface area (Å²) in [5.41, 5.74) is 2.82. The summed E-state index contributed by atoms with van der Waals surface area (Å²) >= 11 is 0. The summed E-state index contributed by atoms with van der Waals surface area (Å²) in [6.45, 7) is 1.98. The van der Waals surface area contributed by atoms with E-state index >= 15 is 0 Å². The molecule has 25 heavy (non-hydrogen) atoms. The number of nitrogens with one attached hydrogen (secondary N) is 2. The van der Waals surface area contributed by atoms with Crippen LogP contribution in [0.25, 0.3) is 10.9 Å². The first-order valence-electron chi connectivity index (χ1n) is 8.19. The summed E-state index contributed by atoms with van der Waals surface area (Å²) < 4.78 is 5.26. The van der Waals surface area contributed by atoms with E-state index in [1.165, 1.54) is 0 Å². The summed E-state index contributed by atoms with van der Waals surface area (Å²) in [6, 6.07) is 17.3. The lowest BCUT2D eigenvalue weighted by molar-refractivity contribution is -0.154. The first-order valence-corrected chi connectivity index (χ1v) is 8.19. The minimum atomic E-state index is -0.832. The van der Waals surface area contributed by atoms with Crippen molar-refractivity contribution in [2.45, 2.75) is 26.0 Å². The molecule has 0 unspecified atom stereocenters. The van der Waals surface area contributed by atoms with Crippen LogP contribution < -0.4 is 5.32 Å². The lowest BCUT2D eigenvalue weighted by Crippen LogP contribution is -2.35. The Labute approximate surface area is 146 Å². The zero-order chi connectivity index (χ0) is 17.6. The summed E-state index contributed by atoms with van der Waals surface area (Å²) in [5.74, 6) is -0.733. The monoisotopic (exact) mass is 336 g/mol. The molecule has 3 rings (SSSR count). The van der Waals surface area contributed by atoms with Crippen molar-refractivity contribution in [1.29, 1.82) is 0 Å². The number of benzene rings is 2. The first-order chi connectivity index (χ1) is 12.1. The van der Waals surface area contributed by atoms with Crippen LogP contribution in [0.2, 0.25) is 0 Å². The largest absolute Gasteiger partial charge is 0.452 e. The van der Waals surface area contributed by atoms with Crippen LogP contribution in [0.5, 0.6) is 0 Å². The fourth-order valence-electron chi connectivity index (χ4n) is 2.65. The van der Waals surface area contributed by atoms with Crippen molar-refractivity contribution >= 4 is 22.8 Å². The minimum Gasteiger partial charge on any atom is -0.452 e. The Kier molecular flexibility index (Phi) is 5.14. The topological polar surface area (TPSA) is 71.2 Å². The standard InChI is InChI=1S/C20H20N2O3/c1-14(20(24)22-12-15-7-3-2-4-8-15)25-19(23)11-16-13-21-18-10-6-5-9-17(16)18/h2-10,13-14,21H,11-12H2,1H3,(H,22,24)/t14-/m0/s1. The molecule has 0 saturated heterocycles. The quantitative estimate of drug-likeness (QED) is 0.680. The Morgan fingerprint density at radius 1 is 1.08 bits per heavy atom.